The van der Waals surface area contributed by atoms with E-state index < -0.39 is 0 Å². The van der Waals surface area contributed by atoms with Gasteiger partial charge in [-0.05, 0) is 12.1 Å². The minimum Gasteiger partial charge on any atom is -0.389 e. The number of para-hydroxylation sites is 1. The lowest BCUT2D eigenvalue weighted by Gasteiger charge is -2.09. The van der Waals surface area contributed by atoms with Crippen molar-refractivity contribution in [2.75, 3.05) is 5.32 Å². The number of nitrogens with zero attached hydrogens (tertiary/aromatic N) is 3. The van der Waals surface area contributed by atoms with Gasteiger partial charge in [0.15, 0.2) is 5.82 Å². The highest BCUT2D eigenvalue weighted by Gasteiger charge is 2.04. The summed E-state index contributed by atoms with van der Waals surface area (Å²) in [5, 5.41) is 7.40. The summed E-state index contributed by atoms with van der Waals surface area (Å²) >= 11 is 4.99. The second-order valence-electron chi connectivity index (χ2n) is 3.60. The zero-order valence-electron chi connectivity index (χ0n) is 9.42. The Morgan fingerprint density at radius 3 is 2.88 bits per heavy atom. The average Bonchev–Trinajstić information content (AvgIpc) is 2.73. The third-order valence-corrected chi connectivity index (χ3v) is 2.50. The van der Waals surface area contributed by atoms with Crippen LogP contribution in [0.3, 0.4) is 0 Å². The van der Waals surface area contributed by atoms with Crippen LogP contribution in [0.4, 0.5) is 5.69 Å². The van der Waals surface area contributed by atoms with E-state index in [2.05, 4.69) is 15.4 Å². The van der Waals surface area contributed by atoms with Crippen LogP contribution in [0.1, 0.15) is 11.4 Å². The molecule has 88 valence electrons. The minimum atomic E-state index is 0.377. The van der Waals surface area contributed by atoms with Crippen molar-refractivity contribution >= 4 is 22.9 Å². The molecule has 17 heavy (non-hydrogen) atoms. The van der Waals surface area contributed by atoms with Gasteiger partial charge >= 0.3 is 0 Å². The number of nitrogens with one attached hydrogen (secondary N) is 1. The van der Waals surface area contributed by atoms with Crippen molar-refractivity contribution in [3.63, 3.8) is 0 Å². The first kappa shape index (κ1) is 11.5. The van der Waals surface area contributed by atoms with E-state index in [-0.39, 0.29) is 0 Å². The summed E-state index contributed by atoms with van der Waals surface area (Å²) < 4.78 is 1.66. The topological polar surface area (TPSA) is 68.8 Å². The van der Waals surface area contributed by atoms with Gasteiger partial charge in [0.1, 0.15) is 11.3 Å². The molecule has 3 N–H and O–H groups in total. The quantitative estimate of drug-likeness (QED) is 0.791. The normalized spacial score (nSPS) is 10.2. The number of hydrogen-bond acceptors (Lipinski definition) is 4. The lowest BCUT2D eigenvalue weighted by molar-refractivity contribution is 0.747. The van der Waals surface area contributed by atoms with E-state index in [0.717, 1.165) is 17.1 Å². The number of aryl methyl sites for hydroxylation is 1. The van der Waals surface area contributed by atoms with Gasteiger partial charge in [0.05, 0.1) is 6.54 Å². The van der Waals surface area contributed by atoms with E-state index in [1.54, 1.807) is 11.0 Å². The maximum Gasteiger partial charge on any atom is 0.169 e. The molecule has 0 fully saturated rings. The second-order valence-corrected chi connectivity index (χ2v) is 4.04. The lowest BCUT2D eigenvalue weighted by Crippen LogP contribution is -2.13. The van der Waals surface area contributed by atoms with E-state index in [9.17, 15) is 0 Å². The Morgan fingerprint density at radius 2 is 2.24 bits per heavy atom. The number of benzene rings is 1. The van der Waals surface area contributed by atoms with Gasteiger partial charge in [-0.25, -0.2) is 4.98 Å². The maximum absolute atomic E-state index is 5.64. The summed E-state index contributed by atoms with van der Waals surface area (Å²) in [4.78, 5) is 4.51. The Labute approximate surface area is 105 Å². The van der Waals surface area contributed by atoms with Crippen LogP contribution in [0.5, 0.6) is 0 Å². The zero-order valence-corrected chi connectivity index (χ0v) is 10.2. The third-order valence-electron chi connectivity index (χ3n) is 2.28. The first-order chi connectivity index (χ1) is 8.16. The molecular formula is C11H13N5S. The van der Waals surface area contributed by atoms with E-state index in [1.165, 1.54) is 0 Å². The third kappa shape index (κ3) is 2.79. The van der Waals surface area contributed by atoms with E-state index in [1.807, 2.05) is 31.3 Å². The van der Waals surface area contributed by atoms with E-state index in [0.29, 0.717) is 11.5 Å². The lowest BCUT2D eigenvalue weighted by atomic mass is 10.2. The molecule has 0 amide bonds. The van der Waals surface area contributed by atoms with Crippen LogP contribution >= 0.6 is 12.2 Å². The molecule has 1 aromatic carbocycles. The van der Waals surface area contributed by atoms with Gasteiger partial charge < -0.3 is 11.1 Å². The first-order valence-corrected chi connectivity index (χ1v) is 5.55. The molecule has 0 unspecified atom stereocenters. The molecule has 5 nitrogen and oxygen atoms in total. The van der Waals surface area contributed by atoms with Gasteiger partial charge in [-0.2, -0.15) is 5.10 Å². The molecule has 0 radical (unpaired) electrons. The van der Waals surface area contributed by atoms with Crippen LogP contribution in [-0.4, -0.2) is 19.8 Å². The number of thiocarbonyl (C=S) groups is 1. The van der Waals surface area contributed by atoms with Gasteiger partial charge in [-0.15, -0.1) is 0 Å². The number of hydrogen-bond donors (Lipinski definition) is 2. The molecule has 0 atom stereocenters. The highest BCUT2D eigenvalue weighted by atomic mass is 32.1. The van der Waals surface area contributed by atoms with Gasteiger partial charge in [0.25, 0.3) is 0 Å². The molecule has 0 aliphatic heterocycles. The summed E-state index contributed by atoms with van der Waals surface area (Å²) in [7, 11) is 1.83. The summed E-state index contributed by atoms with van der Waals surface area (Å²) in [6, 6.07) is 7.64. The largest absolute Gasteiger partial charge is 0.389 e. The molecule has 0 saturated heterocycles. The maximum atomic E-state index is 5.64. The summed E-state index contributed by atoms with van der Waals surface area (Å²) in [5.74, 6) is 0.727. The van der Waals surface area contributed by atoms with Crippen molar-refractivity contribution in [1.82, 2.24) is 14.8 Å². The van der Waals surface area contributed by atoms with Crippen molar-refractivity contribution in [2.24, 2.45) is 12.8 Å². The molecule has 0 saturated carbocycles. The van der Waals surface area contributed by atoms with Crippen molar-refractivity contribution in [1.29, 1.82) is 0 Å². The summed E-state index contributed by atoms with van der Waals surface area (Å²) in [6.07, 6.45) is 1.66. The van der Waals surface area contributed by atoms with E-state index >= 15 is 0 Å². The van der Waals surface area contributed by atoms with Crippen LogP contribution in [0, 0.1) is 0 Å². The SMILES string of the molecule is Cn1cnc(CNc2ccccc2C(N)=S)n1. The van der Waals surface area contributed by atoms with Crippen LogP contribution in [0.15, 0.2) is 30.6 Å². The van der Waals surface area contributed by atoms with Gasteiger partial charge in [-0.1, -0.05) is 24.4 Å². The Bertz CT molecular complexity index is 534. The Kier molecular flexibility index (Phi) is 3.34. The standard InChI is InChI=1S/C11H13N5S/c1-16-7-14-10(15-16)6-13-9-5-3-2-4-8(9)11(12)17/h2-5,7,13H,6H2,1H3,(H2,12,17). The van der Waals surface area contributed by atoms with Crippen LogP contribution in [-0.2, 0) is 13.6 Å². The first-order valence-electron chi connectivity index (χ1n) is 5.14. The second kappa shape index (κ2) is 4.92. The molecule has 1 heterocycles. The fraction of sp³-hybridized carbons (Fsp3) is 0.182. The molecule has 6 heteroatoms. The molecule has 0 bridgehead atoms. The van der Waals surface area contributed by atoms with Crippen molar-refractivity contribution in [3.05, 3.63) is 42.0 Å². The van der Waals surface area contributed by atoms with Crippen molar-refractivity contribution < 1.29 is 0 Å². The van der Waals surface area contributed by atoms with Crippen molar-refractivity contribution in [3.8, 4) is 0 Å². The van der Waals surface area contributed by atoms with Crippen molar-refractivity contribution in [2.45, 2.75) is 6.54 Å². The monoisotopic (exact) mass is 247 g/mol. The minimum absolute atomic E-state index is 0.377. The molecular weight excluding hydrogens is 234 g/mol. The molecule has 2 aromatic rings. The van der Waals surface area contributed by atoms with Crippen LogP contribution in [0.25, 0.3) is 0 Å². The molecule has 1 aromatic heterocycles. The number of nitrogens with two attached hydrogens (primary N) is 1. The van der Waals surface area contributed by atoms with Crippen LogP contribution in [0.2, 0.25) is 0 Å². The molecule has 0 aliphatic rings. The van der Waals surface area contributed by atoms with Gasteiger partial charge in [0, 0.05) is 18.3 Å². The van der Waals surface area contributed by atoms with Gasteiger partial charge in [0.2, 0.25) is 0 Å². The highest BCUT2D eigenvalue weighted by Crippen LogP contribution is 2.15. The van der Waals surface area contributed by atoms with E-state index in [4.69, 9.17) is 18.0 Å². The zero-order chi connectivity index (χ0) is 12.3. The van der Waals surface area contributed by atoms with Gasteiger partial charge in [-0.3, -0.25) is 4.68 Å². The fourth-order valence-corrected chi connectivity index (χ4v) is 1.67. The fourth-order valence-electron chi connectivity index (χ4n) is 1.49. The Morgan fingerprint density at radius 1 is 1.47 bits per heavy atom. The predicted molar refractivity (Wildman–Crippen MR) is 70.7 cm³/mol. The summed E-state index contributed by atoms with van der Waals surface area (Å²) in [6.45, 7) is 0.542. The predicted octanol–water partition coefficient (Wildman–Crippen LogP) is 1.06. The number of rotatable bonds is 4. The molecule has 0 aliphatic carbocycles. The molecule has 0 spiro atoms. The Hall–Kier alpha value is -1.95. The Balaban J connectivity index is 2.11. The summed E-state index contributed by atoms with van der Waals surface area (Å²) in [5.41, 5.74) is 7.37. The van der Waals surface area contributed by atoms with Crippen LogP contribution < -0.4 is 11.1 Å². The molecule has 2 rings (SSSR count). The average molecular weight is 247 g/mol. The number of anilines is 1. The number of aromatic nitrogens is 3. The smallest absolute Gasteiger partial charge is 0.169 e. The highest BCUT2D eigenvalue weighted by molar-refractivity contribution is 7.80.